The number of carbonyl (C=O) groups excluding carboxylic acids is 1. The number of aliphatic imine (C=N–C) groups is 1. The number of rotatable bonds is 5. The molecule has 6 nitrogen and oxygen atoms in total. The number of ether oxygens (including phenoxy) is 1. The van der Waals surface area contributed by atoms with Crippen molar-refractivity contribution in [2.45, 2.75) is 31.9 Å². The lowest BCUT2D eigenvalue weighted by Gasteiger charge is -2.38. The molecule has 1 heterocycles. The Hall–Kier alpha value is -2.00. The summed E-state index contributed by atoms with van der Waals surface area (Å²) < 4.78 is 6.08. The summed E-state index contributed by atoms with van der Waals surface area (Å²) in [5.41, 5.74) is 1.31. The van der Waals surface area contributed by atoms with E-state index < -0.39 is 0 Å². The van der Waals surface area contributed by atoms with Gasteiger partial charge in [-0.05, 0) is 32.0 Å². The summed E-state index contributed by atoms with van der Waals surface area (Å²) in [7, 11) is 1.73. The number of benzene rings is 2. The van der Waals surface area contributed by atoms with Gasteiger partial charge in [0.2, 0.25) is 0 Å². The average molecular weight is 543 g/mol. The SMILES string of the molecule is CN=C(NCCNC(=O)c1ccccc1Cl)NC1CC(C)(C)Oc2ccccc21.I. The maximum Gasteiger partial charge on any atom is 0.252 e. The maximum atomic E-state index is 12.2. The zero-order chi connectivity index (χ0) is 20.9. The second-order valence-corrected chi connectivity index (χ2v) is 7.94. The van der Waals surface area contributed by atoms with E-state index in [0.29, 0.717) is 29.6 Å². The molecule has 0 fully saturated rings. The molecule has 0 radical (unpaired) electrons. The molecule has 0 aliphatic carbocycles. The first-order valence-corrected chi connectivity index (χ1v) is 10.1. The van der Waals surface area contributed by atoms with E-state index in [2.05, 4.69) is 40.9 Å². The van der Waals surface area contributed by atoms with Gasteiger partial charge >= 0.3 is 0 Å². The summed E-state index contributed by atoms with van der Waals surface area (Å²) in [5, 5.41) is 10.0. The highest BCUT2D eigenvalue weighted by atomic mass is 127. The molecule has 2 aromatic carbocycles. The van der Waals surface area contributed by atoms with Crippen LogP contribution in [0.1, 0.15) is 42.2 Å². The van der Waals surface area contributed by atoms with Crippen LogP contribution in [0.2, 0.25) is 5.02 Å². The summed E-state index contributed by atoms with van der Waals surface area (Å²) >= 11 is 6.06. The van der Waals surface area contributed by atoms with Crippen LogP contribution >= 0.6 is 35.6 Å². The quantitative estimate of drug-likeness (QED) is 0.230. The number of guanidine groups is 1. The first-order chi connectivity index (χ1) is 13.9. The second-order valence-electron chi connectivity index (χ2n) is 7.54. The molecule has 30 heavy (non-hydrogen) atoms. The Kier molecular flexibility index (Phi) is 8.78. The number of hydrogen-bond acceptors (Lipinski definition) is 3. The number of nitrogens with zero attached hydrogens (tertiary/aromatic N) is 1. The van der Waals surface area contributed by atoms with Crippen molar-refractivity contribution in [3.8, 4) is 5.75 Å². The van der Waals surface area contributed by atoms with Gasteiger partial charge in [-0.1, -0.05) is 41.9 Å². The number of fused-ring (bicyclic) bond motifs is 1. The number of nitrogens with one attached hydrogen (secondary N) is 3. The Morgan fingerprint density at radius 3 is 2.53 bits per heavy atom. The molecule has 0 aromatic heterocycles. The van der Waals surface area contributed by atoms with Crippen LogP contribution in [0.4, 0.5) is 0 Å². The lowest BCUT2D eigenvalue weighted by Crippen LogP contribution is -2.46. The monoisotopic (exact) mass is 542 g/mol. The van der Waals surface area contributed by atoms with E-state index in [1.54, 1.807) is 31.3 Å². The van der Waals surface area contributed by atoms with Gasteiger partial charge in [-0.15, -0.1) is 24.0 Å². The summed E-state index contributed by atoms with van der Waals surface area (Å²) in [4.78, 5) is 16.5. The first-order valence-electron chi connectivity index (χ1n) is 9.67. The van der Waals surface area contributed by atoms with E-state index in [-0.39, 0.29) is 41.5 Å². The molecular formula is C22H28ClIN4O2. The Bertz CT molecular complexity index is 904. The predicted octanol–water partition coefficient (Wildman–Crippen LogP) is 4.16. The van der Waals surface area contributed by atoms with Crippen LogP contribution in [-0.2, 0) is 0 Å². The number of carbonyl (C=O) groups is 1. The summed E-state index contributed by atoms with van der Waals surface area (Å²) in [6.07, 6.45) is 0.813. The summed E-state index contributed by atoms with van der Waals surface area (Å²) in [6, 6.07) is 15.1. The van der Waals surface area contributed by atoms with Gasteiger partial charge in [0.05, 0.1) is 16.6 Å². The highest BCUT2D eigenvalue weighted by Gasteiger charge is 2.33. The number of amides is 1. The molecule has 0 bridgehead atoms. The largest absolute Gasteiger partial charge is 0.487 e. The van der Waals surface area contributed by atoms with Crippen molar-refractivity contribution in [3.63, 3.8) is 0 Å². The van der Waals surface area contributed by atoms with Crippen LogP contribution in [0.3, 0.4) is 0 Å². The first kappa shape index (κ1) is 24.3. The van der Waals surface area contributed by atoms with Crippen molar-refractivity contribution in [3.05, 3.63) is 64.7 Å². The van der Waals surface area contributed by atoms with Crippen molar-refractivity contribution in [2.75, 3.05) is 20.1 Å². The third-order valence-corrected chi connectivity index (χ3v) is 5.06. The zero-order valence-corrected chi connectivity index (χ0v) is 20.5. The molecule has 2 aromatic rings. The lowest BCUT2D eigenvalue weighted by atomic mass is 9.90. The van der Waals surface area contributed by atoms with Crippen LogP contribution in [0.5, 0.6) is 5.75 Å². The van der Waals surface area contributed by atoms with Crippen molar-refractivity contribution in [1.82, 2.24) is 16.0 Å². The third-order valence-electron chi connectivity index (χ3n) is 4.73. The van der Waals surface area contributed by atoms with Gasteiger partial charge in [0.25, 0.3) is 5.91 Å². The maximum absolute atomic E-state index is 12.2. The highest BCUT2D eigenvalue weighted by molar-refractivity contribution is 14.0. The van der Waals surface area contributed by atoms with E-state index in [1.165, 1.54) is 0 Å². The normalized spacial score (nSPS) is 17.1. The van der Waals surface area contributed by atoms with Gasteiger partial charge in [0.1, 0.15) is 11.4 Å². The van der Waals surface area contributed by atoms with Crippen LogP contribution < -0.4 is 20.7 Å². The summed E-state index contributed by atoms with van der Waals surface area (Å²) in [6.45, 7) is 5.14. The van der Waals surface area contributed by atoms with Gasteiger partial charge in [-0.3, -0.25) is 9.79 Å². The molecule has 162 valence electrons. The van der Waals surface area contributed by atoms with E-state index in [0.717, 1.165) is 17.7 Å². The molecule has 1 amide bonds. The van der Waals surface area contributed by atoms with Crippen LogP contribution in [0.25, 0.3) is 0 Å². The average Bonchev–Trinajstić information content (AvgIpc) is 2.69. The Morgan fingerprint density at radius 1 is 1.13 bits per heavy atom. The van der Waals surface area contributed by atoms with Gasteiger partial charge in [0.15, 0.2) is 5.96 Å². The number of halogens is 2. The molecule has 1 aliphatic heterocycles. The van der Waals surface area contributed by atoms with Gasteiger partial charge in [-0.25, -0.2) is 0 Å². The van der Waals surface area contributed by atoms with E-state index in [1.807, 2.05) is 18.2 Å². The smallest absolute Gasteiger partial charge is 0.252 e. The minimum absolute atomic E-state index is 0. The fraction of sp³-hybridized carbons (Fsp3) is 0.364. The molecular weight excluding hydrogens is 515 g/mol. The van der Waals surface area contributed by atoms with Crippen LogP contribution in [0.15, 0.2) is 53.5 Å². The van der Waals surface area contributed by atoms with E-state index in [9.17, 15) is 4.79 Å². The minimum atomic E-state index is -0.270. The standard InChI is InChI=1S/C22H27ClN4O2.HI/c1-22(2)14-18(16-9-5-7-11-19(16)29-22)27-21(24-3)26-13-12-25-20(28)15-8-4-6-10-17(15)23;/h4-11,18H,12-14H2,1-3H3,(H,25,28)(H2,24,26,27);1H. The fourth-order valence-corrected chi connectivity index (χ4v) is 3.61. The van der Waals surface area contributed by atoms with Crippen LogP contribution in [0, 0.1) is 0 Å². The second kappa shape index (κ2) is 10.9. The molecule has 8 heteroatoms. The fourth-order valence-electron chi connectivity index (χ4n) is 3.39. The minimum Gasteiger partial charge on any atom is -0.487 e. The van der Waals surface area contributed by atoms with Gasteiger partial charge < -0.3 is 20.7 Å². The van der Waals surface area contributed by atoms with Crippen molar-refractivity contribution >= 4 is 47.4 Å². The molecule has 0 spiro atoms. The Labute approximate surface area is 199 Å². The van der Waals surface area contributed by atoms with Crippen molar-refractivity contribution in [2.24, 2.45) is 4.99 Å². The molecule has 0 saturated heterocycles. The Balaban J connectivity index is 0.00000320. The molecule has 3 N–H and O–H groups in total. The zero-order valence-electron chi connectivity index (χ0n) is 17.4. The topological polar surface area (TPSA) is 74.8 Å². The number of hydrogen-bond donors (Lipinski definition) is 3. The molecule has 1 aliphatic rings. The summed E-state index contributed by atoms with van der Waals surface area (Å²) in [5.74, 6) is 1.37. The third kappa shape index (κ3) is 6.25. The highest BCUT2D eigenvalue weighted by Crippen LogP contribution is 2.39. The number of para-hydroxylation sites is 1. The van der Waals surface area contributed by atoms with Crippen LogP contribution in [-0.4, -0.2) is 37.6 Å². The van der Waals surface area contributed by atoms with Gasteiger partial charge in [-0.2, -0.15) is 0 Å². The molecule has 1 unspecified atom stereocenters. The van der Waals surface area contributed by atoms with Crippen molar-refractivity contribution in [1.29, 1.82) is 0 Å². The van der Waals surface area contributed by atoms with E-state index >= 15 is 0 Å². The Morgan fingerprint density at radius 2 is 1.80 bits per heavy atom. The predicted molar refractivity (Wildman–Crippen MR) is 132 cm³/mol. The van der Waals surface area contributed by atoms with Crippen molar-refractivity contribution < 1.29 is 9.53 Å². The molecule has 1 atom stereocenters. The molecule has 3 rings (SSSR count). The van der Waals surface area contributed by atoms with Gasteiger partial charge in [0, 0.05) is 32.1 Å². The lowest BCUT2D eigenvalue weighted by molar-refractivity contribution is 0.0694. The molecule has 0 saturated carbocycles. The van der Waals surface area contributed by atoms with E-state index in [4.69, 9.17) is 16.3 Å².